The van der Waals surface area contributed by atoms with Crippen molar-refractivity contribution < 1.29 is 115 Å². The quantitative estimate of drug-likeness (QED) is 0.0510. The normalized spacial score (nSPS) is 21.8. The first kappa shape index (κ1) is 91.0. The molecule has 0 N–H and O–H groups in total. The number of alkyl halides is 9. The van der Waals surface area contributed by atoms with Gasteiger partial charge in [0, 0.05) is 68.2 Å². The summed E-state index contributed by atoms with van der Waals surface area (Å²) in [6.45, 7) is 9.69. The maximum Gasteiger partial charge on any atom is 0.494 e. The minimum absolute atomic E-state index is 0.0226. The number of halogens is 17. The van der Waals surface area contributed by atoms with Crippen LogP contribution in [0.25, 0.3) is 11.3 Å². The molecule has 115 heavy (non-hydrogen) atoms. The molecule has 4 fully saturated rings. The number of aryl methyl sites for hydroxylation is 3. The molecule has 4 aliphatic heterocycles. The molecule has 39 heteroatoms. The number of ketones is 3. The summed E-state index contributed by atoms with van der Waals surface area (Å²) in [6, 6.07) is 20.7. The highest BCUT2D eigenvalue weighted by Gasteiger charge is 2.54. The van der Waals surface area contributed by atoms with Crippen molar-refractivity contribution in [3.05, 3.63) is 224 Å². The summed E-state index contributed by atoms with van der Waals surface area (Å²) in [5.74, 6) is -5.11. The van der Waals surface area contributed by atoms with Crippen LogP contribution in [0.1, 0.15) is 115 Å². The van der Waals surface area contributed by atoms with E-state index in [1.807, 2.05) is 27.7 Å². The Balaban J connectivity index is 0.000000186. The largest absolute Gasteiger partial charge is 0.494 e. The molecule has 0 amide bonds. The Labute approximate surface area is 670 Å². The Hall–Kier alpha value is -7.89. The van der Waals surface area contributed by atoms with Gasteiger partial charge in [-0.25, -0.2) is 79.7 Å². The molecule has 0 bridgehead atoms. The molecule has 4 aliphatic rings. The van der Waals surface area contributed by atoms with E-state index in [0.717, 1.165) is 110 Å². The van der Waals surface area contributed by atoms with E-state index in [2.05, 4.69) is 51.8 Å². The second-order valence-corrected chi connectivity index (χ2v) is 36.8. The fourth-order valence-corrected chi connectivity index (χ4v) is 18.7. The number of benzene rings is 6. The van der Waals surface area contributed by atoms with Gasteiger partial charge in [-0.15, -0.1) is 0 Å². The molecule has 2 aromatic heterocycles. The fourth-order valence-electron chi connectivity index (χ4n) is 12.8. The van der Waals surface area contributed by atoms with Crippen LogP contribution < -0.4 is 5.46 Å². The lowest BCUT2D eigenvalue weighted by Gasteiger charge is -2.32. The molecule has 0 unspecified atom stereocenters. The maximum atomic E-state index is 15.0. The van der Waals surface area contributed by atoms with Crippen molar-refractivity contribution in [3.63, 3.8) is 0 Å². The summed E-state index contributed by atoms with van der Waals surface area (Å²) in [5, 5.41) is 0. The van der Waals surface area contributed by atoms with Crippen LogP contribution in [0.15, 0.2) is 176 Å². The fraction of sp³-hybridized carbons (Fsp3) is 0.382. The van der Waals surface area contributed by atoms with Crippen molar-refractivity contribution in [2.75, 3.05) is 19.6 Å². The van der Waals surface area contributed by atoms with Gasteiger partial charge in [-0.05, 0) is 227 Å². The molecule has 6 atom stereocenters. The van der Waals surface area contributed by atoms with Gasteiger partial charge in [-0.2, -0.15) is 39.3 Å². The van der Waals surface area contributed by atoms with Crippen molar-refractivity contribution >= 4 is 91.9 Å². The van der Waals surface area contributed by atoms with Crippen molar-refractivity contribution in [2.45, 2.75) is 180 Å². The highest BCUT2D eigenvalue weighted by molar-refractivity contribution is 9.10. The predicted octanol–water partition coefficient (Wildman–Crippen LogP) is 15.8. The first-order chi connectivity index (χ1) is 53.1. The van der Waals surface area contributed by atoms with Gasteiger partial charge < -0.3 is 9.31 Å². The molecule has 8 aromatic rings. The molecule has 0 saturated carbocycles. The second-order valence-electron chi connectivity index (χ2n) is 29.4. The van der Waals surface area contributed by atoms with Crippen LogP contribution in [0.3, 0.4) is 0 Å². The average molecular weight is 1810 g/mol. The number of hydrogen-bond acceptors (Lipinski definition) is 15. The highest BCUT2D eigenvalue weighted by atomic mass is 79.9. The molecule has 0 spiro atoms. The summed E-state index contributed by atoms with van der Waals surface area (Å²) in [5.41, 5.74) is -7.22. The molecule has 0 radical (unpaired) electrons. The molecular formula is C76H73BBr2F15N7O11S3. The summed E-state index contributed by atoms with van der Waals surface area (Å²) >= 11 is 6.05. The lowest BCUT2D eigenvalue weighted by Crippen LogP contribution is -2.41. The standard InChI is InChI=1S/C26H31BF3NO5S.C25H21F6N3O3S.C20H19BrF3NO3S.C5H2BrF3N2/c1-24(2)25(3,4)36-27(35-24)18-12-17(13-20(29)14-18)6-11-23(32)22-15-26(5,30)16-31(22)37(33,34)21-9-7-19(28)8-10-21;1-24(28)11-21(34(14-24)38(36,37)19-5-3-17(26)4-6-19)22(35)7-2-15-8-16(10-18(27)9-15)20-12-33-23(13-32-20)25(29,30)31;1-20(24)11-18(19(26)7-2-13-8-14(21)10-16(23)9-13)25(12-20)29(27,28)17-5-3-15(22)4-6-17;6-4-2-10-3(1-11-4)5(7,8)9/h7-10,12-14,22H,6,11,15-16H2,1-5H3;3-6,8-10,12-13,21H,2,7,11,14H2,1H3;3-6,8-10,18H,2,7,11-12H2,1H3;1-2H/t22-,26+;21-,24+;18-,20+;/m000./s1. The third kappa shape index (κ3) is 23.3. The van der Waals surface area contributed by atoms with E-state index >= 15 is 0 Å². The van der Waals surface area contributed by atoms with E-state index in [9.17, 15) is 105 Å². The van der Waals surface area contributed by atoms with Crippen molar-refractivity contribution in [1.82, 2.24) is 32.9 Å². The third-order valence-corrected chi connectivity index (χ3v) is 25.7. The molecule has 0 aliphatic carbocycles. The Bertz CT molecular complexity index is 5190. The maximum absolute atomic E-state index is 15.0. The zero-order valence-corrected chi connectivity index (χ0v) is 67.6. The van der Waals surface area contributed by atoms with Crippen LogP contribution >= 0.6 is 31.9 Å². The average Bonchev–Trinajstić information content (AvgIpc) is 1.65. The number of carbonyl (C=O) groups excluding carboxylic acids is 3. The highest BCUT2D eigenvalue weighted by Crippen LogP contribution is 2.41. The number of sulfonamides is 3. The molecular weight excluding hydrogens is 1740 g/mol. The summed E-state index contributed by atoms with van der Waals surface area (Å²) in [7, 11) is -13.5. The van der Waals surface area contributed by atoms with Crippen LogP contribution in [0.4, 0.5) is 65.9 Å². The van der Waals surface area contributed by atoms with Gasteiger partial charge in [0.05, 0.1) is 74.5 Å². The lowest BCUT2D eigenvalue weighted by atomic mass is 9.78. The van der Waals surface area contributed by atoms with Gasteiger partial charge in [-0.1, -0.05) is 22.0 Å². The molecule has 18 nitrogen and oxygen atoms in total. The molecule has 6 aromatic carbocycles. The van der Waals surface area contributed by atoms with Gasteiger partial charge in [0.15, 0.2) is 28.7 Å². The number of nitrogens with zero attached hydrogens (tertiary/aromatic N) is 7. The Morgan fingerprint density at radius 3 is 1.10 bits per heavy atom. The number of carbonyl (C=O) groups is 3. The third-order valence-electron chi connectivity index (χ3n) is 19.2. The number of aromatic nitrogens is 4. The number of hydrogen-bond donors (Lipinski definition) is 0. The molecule has 4 saturated heterocycles. The number of Topliss-reactive ketones (excluding diaryl/α,β-unsaturated/α-hetero) is 3. The minimum atomic E-state index is -4.69. The number of rotatable bonds is 20. The van der Waals surface area contributed by atoms with Crippen molar-refractivity contribution in [1.29, 1.82) is 0 Å². The van der Waals surface area contributed by atoms with Crippen molar-refractivity contribution in [3.8, 4) is 11.3 Å². The predicted molar refractivity (Wildman–Crippen MR) is 398 cm³/mol. The Kier molecular flexibility index (Phi) is 28.0. The van der Waals surface area contributed by atoms with Gasteiger partial charge in [0.2, 0.25) is 30.1 Å². The molecule has 12 rings (SSSR count). The zero-order chi connectivity index (χ0) is 85.1. The van der Waals surface area contributed by atoms with E-state index in [1.54, 1.807) is 12.1 Å². The van der Waals surface area contributed by atoms with Crippen LogP contribution in [0.5, 0.6) is 0 Å². The van der Waals surface area contributed by atoms with Crippen LogP contribution in [-0.2, 0) is 85.4 Å². The first-order valence-corrected chi connectivity index (χ1v) is 40.9. The van der Waals surface area contributed by atoms with Gasteiger partial charge in [0.1, 0.15) is 56.5 Å². The molecule has 618 valence electrons. The van der Waals surface area contributed by atoms with E-state index in [1.165, 1.54) is 51.1 Å². The topological polar surface area (TPSA) is 233 Å². The minimum Gasteiger partial charge on any atom is -0.399 e. The monoisotopic (exact) mass is 1810 g/mol. The summed E-state index contributed by atoms with van der Waals surface area (Å²) in [4.78, 5) is 51.8. The molecule has 6 heterocycles. The van der Waals surface area contributed by atoms with Gasteiger partial charge >= 0.3 is 19.5 Å². The van der Waals surface area contributed by atoms with Crippen LogP contribution in [0, 0.1) is 34.9 Å². The van der Waals surface area contributed by atoms with E-state index in [-0.39, 0.29) is 88.3 Å². The summed E-state index contributed by atoms with van der Waals surface area (Å²) < 4.78 is 294. The van der Waals surface area contributed by atoms with Gasteiger partial charge in [0.25, 0.3) is 0 Å². The SMILES string of the molecule is CC1(C)OB(c2cc(F)cc(CCC(=O)[C@@H]3C[C@@](C)(F)CN3S(=O)(=O)c3ccc(F)cc3)c2)OC1(C)C.C[C@@]1(F)C[C@@H](C(=O)CCc2cc(F)cc(-c3cnc(C(F)(F)F)cn3)c2)N(S(=O)(=O)c2ccc(F)cc2)C1.C[C@@]1(F)C[C@@H](C(=O)CCc2cc(F)cc(Br)c2)N(S(=O)(=O)c2ccc(F)cc2)C1.FC(F)(F)c1cnc(Br)cn1. The lowest BCUT2D eigenvalue weighted by molar-refractivity contribution is -0.142. The van der Waals surface area contributed by atoms with Gasteiger partial charge in [-0.3, -0.25) is 19.4 Å². The van der Waals surface area contributed by atoms with Crippen molar-refractivity contribution in [2.24, 2.45) is 0 Å². The zero-order valence-electron chi connectivity index (χ0n) is 62.0. The van der Waals surface area contributed by atoms with E-state index in [0.29, 0.717) is 39.0 Å². The Morgan fingerprint density at radius 2 is 0.765 bits per heavy atom. The summed E-state index contributed by atoms with van der Waals surface area (Å²) in [6.07, 6.45) is -7.19. The van der Waals surface area contributed by atoms with Crippen LogP contribution in [0.2, 0.25) is 0 Å². The van der Waals surface area contributed by atoms with E-state index in [4.69, 9.17) is 9.31 Å². The first-order valence-electron chi connectivity index (χ1n) is 35.0. The van der Waals surface area contributed by atoms with Crippen LogP contribution in [-0.4, -0.2) is 149 Å². The Morgan fingerprint density at radius 1 is 0.435 bits per heavy atom. The second kappa shape index (κ2) is 35.4. The smallest absolute Gasteiger partial charge is 0.399 e. The van der Waals surface area contributed by atoms with E-state index < -0.39 is 179 Å².